The van der Waals surface area contributed by atoms with Gasteiger partial charge in [-0.1, -0.05) is 29.4 Å². The van der Waals surface area contributed by atoms with Crippen LogP contribution in [0.2, 0.25) is 5.02 Å². The van der Waals surface area contributed by atoms with E-state index in [1.807, 2.05) is 44.5 Å². The van der Waals surface area contributed by atoms with Gasteiger partial charge < -0.3 is 10.6 Å². The molecule has 0 saturated carbocycles. The summed E-state index contributed by atoms with van der Waals surface area (Å²) in [5, 5.41) is 7.75. The Morgan fingerprint density at radius 2 is 1.95 bits per heavy atom. The van der Waals surface area contributed by atoms with Gasteiger partial charge in [-0.25, -0.2) is 9.97 Å². The van der Waals surface area contributed by atoms with Crippen LogP contribution < -0.4 is 10.6 Å². The molecule has 0 aliphatic carbocycles. The van der Waals surface area contributed by atoms with E-state index in [0.29, 0.717) is 5.16 Å². The molecule has 2 aromatic rings. The van der Waals surface area contributed by atoms with Gasteiger partial charge in [-0.05, 0) is 30.9 Å². The molecule has 2 N–H and O–H groups in total. The zero-order chi connectivity index (χ0) is 13.8. The van der Waals surface area contributed by atoms with Crippen molar-refractivity contribution in [2.24, 2.45) is 0 Å². The van der Waals surface area contributed by atoms with Crippen LogP contribution in [-0.4, -0.2) is 23.3 Å². The maximum atomic E-state index is 6.11. The lowest BCUT2D eigenvalue weighted by Crippen LogP contribution is -2.01. The van der Waals surface area contributed by atoms with Gasteiger partial charge in [0.05, 0.1) is 0 Å². The smallest absolute Gasteiger partial charge is 0.191 e. The van der Waals surface area contributed by atoms with E-state index in [2.05, 4.69) is 20.6 Å². The van der Waals surface area contributed by atoms with Crippen molar-refractivity contribution in [3.8, 4) is 0 Å². The molecule has 0 amide bonds. The SMILES string of the molecule is CNc1cc(Nc2cccc(Cl)c2C)nc(SC)n1. The normalized spacial score (nSPS) is 10.3. The van der Waals surface area contributed by atoms with Crippen molar-refractivity contribution in [3.05, 3.63) is 34.9 Å². The van der Waals surface area contributed by atoms with Crippen LogP contribution in [0.5, 0.6) is 0 Å². The van der Waals surface area contributed by atoms with Crippen molar-refractivity contribution in [3.63, 3.8) is 0 Å². The largest absolute Gasteiger partial charge is 0.373 e. The average molecular weight is 295 g/mol. The van der Waals surface area contributed by atoms with E-state index in [1.54, 1.807) is 0 Å². The first-order chi connectivity index (χ1) is 9.13. The molecule has 0 radical (unpaired) electrons. The lowest BCUT2D eigenvalue weighted by Gasteiger charge is -2.11. The van der Waals surface area contributed by atoms with Crippen LogP contribution in [0.4, 0.5) is 17.3 Å². The summed E-state index contributed by atoms with van der Waals surface area (Å²) in [7, 11) is 1.83. The quantitative estimate of drug-likeness (QED) is 0.660. The Kier molecular flexibility index (Phi) is 4.50. The predicted octanol–water partition coefficient (Wildman–Crippen LogP) is 3.95. The molecule has 0 atom stereocenters. The second kappa shape index (κ2) is 6.12. The van der Waals surface area contributed by atoms with Crippen LogP contribution in [0.1, 0.15) is 5.56 Å². The third kappa shape index (κ3) is 3.30. The van der Waals surface area contributed by atoms with Gasteiger partial charge in [0.15, 0.2) is 5.16 Å². The van der Waals surface area contributed by atoms with Crippen LogP contribution in [0.25, 0.3) is 0 Å². The summed E-state index contributed by atoms with van der Waals surface area (Å²) < 4.78 is 0. The molecule has 100 valence electrons. The van der Waals surface area contributed by atoms with Crippen molar-refractivity contribution in [2.75, 3.05) is 23.9 Å². The van der Waals surface area contributed by atoms with Gasteiger partial charge in [0.2, 0.25) is 0 Å². The number of hydrogen-bond acceptors (Lipinski definition) is 5. The maximum absolute atomic E-state index is 6.11. The lowest BCUT2D eigenvalue weighted by atomic mass is 10.2. The van der Waals surface area contributed by atoms with Crippen LogP contribution in [-0.2, 0) is 0 Å². The van der Waals surface area contributed by atoms with Crippen LogP contribution in [0.3, 0.4) is 0 Å². The molecular weight excluding hydrogens is 280 g/mol. The van der Waals surface area contributed by atoms with Crippen LogP contribution in [0, 0.1) is 6.92 Å². The Bertz CT molecular complexity index is 567. The van der Waals surface area contributed by atoms with E-state index in [4.69, 9.17) is 11.6 Å². The Morgan fingerprint density at radius 1 is 1.21 bits per heavy atom. The highest BCUT2D eigenvalue weighted by Crippen LogP contribution is 2.26. The number of benzene rings is 1. The van der Waals surface area contributed by atoms with E-state index in [0.717, 1.165) is 27.9 Å². The third-order valence-corrected chi connectivity index (χ3v) is 3.63. The minimum absolute atomic E-state index is 0.717. The zero-order valence-corrected chi connectivity index (χ0v) is 12.6. The highest BCUT2D eigenvalue weighted by atomic mass is 35.5. The van der Waals surface area contributed by atoms with Gasteiger partial charge in [-0.3, -0.25) is 0 Å². The molecule has 0 unspecified atom stereocenters. The van der Waals surface area contributed by atoms with Gasteiger partial charge in [-0.2, -0.15) is 0 Å². The van der Waals surface area contributed by atoms with Crippen LogP contribution in [0.15, 0.2) is 29.4 Å². The van der Waals surface area contributed by atoms with Gasteiger partial charge in [0, 0.05) is 23.8 Å². The van der Waals surface area contributed by atoms with Gasteiger partial charge in [-0.15, -0.1) is 0 Å². The van der Waals surface area contributed by atoms with Gasteiger partial charge in [0.25, 0.3) is 0 Å². The van der Waals surface area contributed by atoms with Crippen molar-refractivity contribution >= 4 is 40.7 Å². The maximum Gasteiger partial charge on any atom is 0.191 e. The average Bonchev–Trinajstić information content (AvgIpc) is 2.43. The third-order valence-electron chi connectivity index (χ3n) is 2.67. The Labute approximate surface area is 122 Å². The molecule has 0 fully saturated rings. The number of aromatic nitrogens is 2. The summed E-state index contributed by atoms with van der Waals surface area (Å²) >= 11 is 7.61. The summed E-state index contributed by atoms with van der Waals surface area (Å²) in [5.74, 6) is 1.52. The monoisotopic (exact) mass is 294 g/mol. The number of nitrogens with one attached hydrogen (secondary N) is 2. The van der Waals surface area contributed by atoms with Crippen molar-refractivity contribution in [1.82, 2.24) is 9.97 Å². The summed E-state index contributed by atoms with van der Waals surface area (Å²) in [6, 6.07) is 7.61. The predicted molar refractivity (Wildman–Crippen MR) is 82.8 cm³/mol. The Morgan fingerprint density at radius 3 is 2.63 bits per heavy atom. The van der Waals surface area contributed by atoms with Crippen LogP contribution >= 0.6 is 23.4 Å². The first-order valence-electron chi connectivity index (χ1n) is 5.77. The molecule has 1 aromatic carbocycles. The summed E-state index contributed by atoms with van der Waals surface area (Å²) in [6.45, 7) is 1.97. The van der Waals surface area contributed by atoms with E-state index in [1.165, 1.54) is 11.8 Å². The summed E-state index contributed by atoms with van der Waals surface area (Å²) in [4.78, 5) is 8.75. The van der Waals surface area contributed by atoms with Crippen molar-refractivity contribution in [1.29, 1.82) is 0 Å². The van der Waals surface area contributed by atoms with Gasteiger partial charge in [0.1, 0.15) is 11.6 Å². The standard InChI is InChI=1S/C13H15ClN4S/c1-8-9(14)5-4-6-10(8)16-12-7-11(15-2)17-13(18-12)19-3/h4-7H,1-3H3,(H2,15,16,17,18). The topological polar surface area (TPSA) is 49.8 Å². The van der Waals surface area contributed by atoms with E-state index in [9.17, 15) is 0 Å². The van der Waals surface area contributed by atoms with Gasteiger partial charge >= 0.3 is 0 Å². The fraction of sp³-hybridized carbons (Fsp3) is 0.231. The highest BCUT2D eigenvalue weighted by Gasteiger charge is 2.06. The fourth-order valence-corrected chi connectivity index (χ4v) is 2.14. The minimum atomic E-state index is 0.717. The first kappa shape index (κ1) is 14.0. The molecular formula is C13H15ClN4S. The lowest BCUT2D eigenvalue weighted by molar-refractivity contribution is 0.977. The summed E-state index contributed by atoms with van der Waals surface area (Å²) in [6.07, 6.45) is 1.95. The number of nitrogens with zero attached hydrogens (tertiary/aromatic N) is 2. The van der Waals surface area contributed by atoms with E-state index in [-0.39, 0.29) is 0 Å². The molecule has 4 nitrogen and oxygen atoms in total. The molecule has 1 heterocycles. The molecule has 0 spiro atoms. The number of anilines is 3. The number of thioether (sulfide) groups is 1. The minimum Gasteiger partial charge on any atom is -0.373 e. The highest BCUT2D eigenvalue weighted by molar-refractivity contribution is 7.98. The second-order valence-electron chi connectivity index (χ2n) is 3.91. The Balaban J connectivity index is 2.34. The molecule has 2 rings (SSSR count). The number of rotatable bonds is 4. The zero-order valence-electron chi connectivity index (χ0n) is 11.0. The number of hydrogen-bond donors (Lipinski definition) is 2. The molecule has 6 heteroatoms. The van der Waals surface area contributed by atoms with Crippen molar-refractivity contribution < 1.29 is 0 Å². The molecule has 0 bridgehead atoms. The first-order valence-corrected chi connectivity index (χ1v) is 7.37. The molecule has 19 heavy (non-hydrogen) atoms. The molecule has 1 aromatic heterocycles. The molecule has 0 aliphatic rings. The Hall–Kier alpha value is -1.46. The van der Waals surface area contributed by atoms with E-state index >= 15 is 0 Å². The molecule has 0 aliphatic heterocycles. The summed E-state index contributed by atoms with van der Waals surface area (Å²) in [5.41, 5.74) is 1.94. The van der Waals surface area contributed by atoms with Crippen molar-refractivity contribution in [2.45, 2.75) is 12.1 Å². The molecule has 0 saturated heterocycles. The second-order valence-corrected chi connectivity index (χ2v) is 5.09. The fourth-order valence-electron chi connectivity index (χ4n) is 1.59. The van der Waals surface area contributed by atoms with E-state index < -0.39 is 0 Å². The number of halogens is 1.